The van der Waals surface area contributed by atoms with Crippen LogP contribution in [0.5, 0.6) is 0 Å². The summed E-state index contributed by atoms with van der Waals surface area (Å²) in [4.78, 5) is -0.301. The Hall–Kier alpha value is -1.86. The molecule has 2 rings (SSSR count). The molecule has 0 atom stereocenters. The van der Waals surface area contributed by atoms with Gasteiger partial charge in [-0.1, -0.05) is 11.6 Å². The van der Waals surface area contributed by atoms with E-state index >= 15 is 0 Å². The first-order chi connectivity index (χ1) is 9.29. The SMILES string of the molecule is Nc1ccc(S(=O)(=O)Nc2ccc(F)c(Cl)c2)cc1F. The molecule has 106 valence electrons. The smallest absolute Gasteiger partial charge is 0.261 e. The van der Waals surface area contributed by atoms with Crippen molar-refractivity contribution in [2.75, 3.05) is 10.5 Å². The number of rotatable bonds is 3. The van der Waals surface area contributed by atoms with E-state index in [1.54, 1.807) is 0 Å². The zero-order valence-electron chi connectivity index (χ0n) is 9.90. The second-order valence-electron chi connectivity index (χ2n) is 3.92. The molecule has 0 bridgehead atoms. The van der Waals surface area contributed by atoms with Crippen molar-refractivity contribution in [2.24, 2.45) is 0 Å². The zero-order valence-corrected chi connectivity index (χ0v) is 11.5. The standard InChI is InChI=1S/C12H9ClF2N2O2S/c13-9-5-7(1-3-10(9)14)17-20(18,19)8-2-4-12(16)11(15)6-8/h1-6,17H,16H2. The maximum atomic E-state index is 13.3. The van der Waals surface area contributed by atoms with Crippen LogP contribution in [0.3, 0.4) is 0 Å². The lowest BCUT2D eigenvalue weighted by atomic mass is 10.3. The predicted octanol–water partition coefficient (Wildman–Crippen LogP) is 3.00. The van der Waals surface area contributed by atoms with E-state index in [0.717, 1.165) is 30.3 Å². The van der Waals surface area contributed by atoms with E-state index < -0.39 is 21.7 Å². The summed E-state index contributed by atoms with van der Waals surface area (Å²) < 4.78 is 52.4. The van der Waals surface area contributed by atoms with Gasteiger partial charge in [0.15, 0.2) is 0 Å². The number of nitrogen functional groups attached to an aromatic ring is 1. The average Bonchev–Trinajstić information content (AvgIpc) is 2.37. The number of hydrogen-bond acceptors (Lipinski definition) is 3. The van der Waals surface area contributed by atoms with Gasteiger partial charge in [-0.2, -0.15) is 0 Å². The molecule has 4 nitrogen and oxygen atoms in total. The lowest BCUT2D eigenvalue weighted by Crippen LogP contribution is -2.13. The lowest BCUT2D eigenvalue weighted by molar-refractivity contribution is 0.596. The van der Waals surface area contributed by atoms with Crippen LogP contribution in [-0.2, 0) is 10.0 Å². The van der Waals surface area contributed by atoms with E-state index in [-0.39, 0.29) is 21.3 Å². The second kappa shape index (κ2) is 5.26. The van der Waals surface area contributed by atoms with Crippen molar-refractivity contribution < 1.29 is 17.2 Å². The van der Waals surface area contributed by atoms with Gasteiger partial charge in [0.05, 0.1) is 21.3 Å². The van der Waals surface area contributed by atoms with Gasteiger partial charge in [-0.05, 0) is 36.4 Å². The van der Waals surface area contributed by atoms with Gasteiger partial charge in [-0.25, -0.2) is 17.2 Å². The van der Waals surface area contributed by atoms with Gasteiger partial charge in [-0.3, -0.25) is 4.72 Å². The van der Waals surface area contributed by atoms with Crippen LogP contribution < -0.4 is 10.5 Å². The molecule has 0 aliphatic carbocycles. The minimum atomic E-state index is -4.01. The first-order valence-corrected chi connectivity index (χ1v) is 7.18. The molecule has 0 spiro atoms. The first-order valence-electron chi connectivity index (χ1n) is 5.32. The van der Waals surface area contributed by atoms with Crippen LogP contribution in [0.1, 0.15) is 0 Å². The van der Waals surface area contributed by atoms with Crippen molar-refractivity contribution in [3.63, 3.8) is 0 Å². The number of sulfonamides is 1. The fraction of sp³-hybridized carbons (Fsp3) is 0. The monoisotopic (exact) mass is 318 g/mol. The van der Waals surface area contributed by atoms with Crippen LogP contribution in [0.15, 0.2) is 41.3 Å². The number of anilines is 2. The highest BCUT2D eigenvalue weighted by atomic mass is 35.5. The Kier molecular flexibility index (Phi) is 3.82. The van der Waals surface area contributed by atoms with Crippen LogP contribution in [0.25, 0.3) is 0 Å². The molecular formula is C12H9ClF2N2O2S. The van der Waals surface area contributed by atoms with Gasteiger partial charge >= 0.3 is 0 Å². The summed E-state index contributed by atoms with van der Waals surface area (Å²) in [5.74, 6) is -1.52. The Labute approximate surface area is 119 Å². The quantitative estimate of drug-likeness (QED) is 0.854. The number of halogens is 3. The normalized spacial score (nSPS) is 11.3. The zero-order chi connectivity index (χ0) is 14.9. The molecule has 0 saturated heterocycles. The molecule has 8 heteroatoms. The second-order valence-corrected chi connectivity index (χ2v) is 6.01. The molecule has 0 aromatic heterocycles. The first kappa shape index (κ1) is 14.5. The van der Waals surface area contributed by atoms with Gasteiger partial charge in [0.25, 0.3) is 10.0 Å². The fourth-order valence-corrected chi connectivity index (χ4v) is 2.69. The molecule has 0 saturated carbocycles. The van der Waals surface area contributed by atoms with E-state index in [0.29, 0.717) is 0 Å². The summed E-state index contributed by atoms with van der Waals surface area (Å²) in [6, 6.07) is 6.43. The summed E-state index contributed by atoms with van der Waals surface area (Å²) >= 11 is 5.55. The molecular weight excluding hydrogens is 310 g/mol. The minimum absolute atomic E-state index is 0.0635. The van der Waals surface area contributed by atoms with Crippen molar-refractivity contribution in [1.29, 1.82) is 0 Å². The molecule has 0 unspecified atom stereocenters. The predicted molar refractivity (Wildman–Crippen MR) is 73.0 cm³/mol. The molecule has 0 amide bonds. The Morgan fingerprint density at radius 2 is 1.75 bits per heavy atom. The van der Waals surface area contributed by atoms with Gasteiger partial charge in [0, 0.05) is 0 Å². The molecule has 0 aliphatic rings. The maximum absolute atomic E-state index is 13.3. The molecule has 0 radical (unpaired) electrons. The molecule has 0 heterocycles. The molecule has 0 aliphatic heterocycles. The summed E-state index contributed by atoms with van der Waals surface area (Å²) in [5, 5.41) is -0.228. The summed E-state index contributed by atoms with van der Waals surface area (Å²) in [6.07, 6.45) is 0. The number of nitrogens with one attached hydrogen (secondary N) is 1. The number of nitrogens with two attached hydrogens (primary N) is 1. The molecule has 3 N–H and O–H groups in total. The van der Waals surface area contributed by atoms with Gasteiger partial charge in [-0.15, -0.1) is 0 Å². The Morgan fingerprint density at radius 3 is 2.35 bits per heavy atom. The molecule has 0 fully saturated rings. The topological polar surface area (TPSA) is 72.2 Å². The van der Waals surface area contributed by atoms with E-state index in [2.05, 4.69) is 4.72 Å². The molecule has 2 aromatic carbocycles. The third kappa shape index (κ3) is 3.00. The number of hydrogen-bond donors (Lipinski definition) is 2. The van der Waals surface area contributed by atoms with Crippen LogP contribution in [-0.4, -0.2) is 8.42 Å². The highest BCUT2D eigenvalue weighted by molar-refractivity contribution is 7.92. The Balaban J connectivity index is 2.35. The van der Waals surface area contributed by atoms with E-state index in [9.17, 15) is 17.2 Å². The molecule has 2 aromatic rings. The van der Waals surface area contributed by atoms with Crippen molar-refractivity contribution in [1.82, 2.24) is 0 Å². The minimum Gasteiger partial charge on any atom is -0.396 e. The Morgan fingerprint density at radius 1 is 1.05 bits per heavy atom. The van der Waals surface area contributed by atoms with Gasteiger partial charge in [0.1, 0.15) is 11.6 Å². The van der Waals surface area contributed by atoms with Crippen molar-refractivity contribution >= 4 is 33.0 Å². The van der Waals surface area contributed by atoms with E-state index in [1.165, 1.54) is 6.07 Å². The van der Waals surface area contributed by atoms with Crippen molar-refractivity contribution in [2.45, 2.75) is 4.90 Å². The van der Waals surface area contributed by atoms with Crippen LogP contribution >= 0.6 is 11.6 Å². The van der Waals surface area contributed by atoms with Crippen molar-refractivity contribution in [3.05, 3.63) is 53.1 Å². The number of benzene rings is 2. The molecule has 20 heavy (non-hydrogen) atoms. The van der Waals surface area contributed by atoms with E-state index in [1.807, 2.05) is 0 Å². The van der Waals surface area contributed by atoms with Crippen molar-refractivity contribution in [3.8, 4) is 0 Å². The largest absolute Gasteiger partial charge is 0.396 e. The summed E-state index contributed by atoms with van der Waals surface area (Å²) in [7, 11) is -4.01. The Bertz CT molecular complexity index is 766. The van der Waals surface area contributed by atoms with Gasteiger partial charge in [0.2, 0.25) is 0 Å². The third-order valence-electron chi connectivity index (χ3n) is 2.45. The van der Waals surface area contributed by atoms with E-state index in [4.69, 9.17) is 17.3 Å². The maximum Gasteiger partial charge on any atom is 0.261 e. The van der Waals surface area contributed by atoms with Crippen LogP contribution in [0, 0.1) is 11.6 Å². The van der Waals surface area contributed by atoms with Crippen LogP contribution in [0.4, 0.5) is 20.2 Å². The third-order valence-corrected chi connectivity index (χ3v) is 4.12. The highest BCUT2D eigenvalue weighted by Gasteiger charge is 2.16. The average molecular weight is 319 g/mol. The fourth-order valence-electron chi connectivity index (χ4n) is 1.45. The lowest BCUT2D eigenvalue weighted by Gasteiger charge is -2.09. The van der Waals surface area contributed by atoms with Crippen LogP contribution in [0.2, 0.25) is 5.02 Å². The van der Waals surface area contributed by atoms with Gasteiger partial charge < -0.3 is 5.73 Å². The summed E-state index contributed by atoms with van der Waals surface area (Å²) in [6.45, 7) is 0. The highest BCUT2D eigenvalue weighted by Crippen LogP contribution is 2.23. The summed E-state index contributed by atoms with van der Waals surface area (Å²) in [5.41, 5.74) is 5.18.